The predicted octanol–water partition coefficient (Wildman–Crippen LogP) is 2.83. The number of hydrogen-bond donors (Lipinski definition) is 1. The van der Waals surface area contributed by atoms with Crippen molar-refractivity contribution in [2.75, 3.05) is 0 Å². The normalized spacial score (nSPS) is 21.6. The van der Waals surface area contributed by atoms with E-state index in [1.807, 2.05) is 13.0 Å². The molecule has 3 heteroatoms. The standard InChI is InChI=1S/C11H13BrO2/c1-6-3-8-4-9(12)5-10(7(2)13)11(8)14-6/h4-7,13H,3H2,1-2H3. The maximum absolute atomic E-state index is 9.60. The summed E-state index contributed by atoms with van der Waals surface area (Å²) in [7, 11) is 0. The smallest absolute Gasteiger partial charge is 0.128 e. The minimum absolute atomic E-state index is 0.219. The maximum atomic E-state index is 9.60. The number of aliphatic hydroxyl groups excluding tert-OH is 1. The van der Waals surface area contributed by atoms with Crippen molar-refractivity contribution in [1.82, 2.24) is 0 Å². The van der Waals surface area contributed by atoms with E-state index >= 15 is 0 Å². The van der Waals surface area contributed by atoms with Crippen molar-refractivity contribution >= 4 is 15.9 Å². The van der Waals surface area contributed by atoms with Gasteiger partial charge in [-0.05, 0) is 31.5 Å². The van der Waals surface area contributed by atoms with Crippen LogP contribution in [-0.2, 0) is 6.42 Å². The van der Waals surface area contributed by atoms with Crippen LogP contribution in [0.25, 0.3) is 0 Å². The number of aliphatic hydroxyl groups is 1. The second-order valence-corrected chi connectivity index (χ2v) is 4.71. The Morgan fingerprint density at radius 1 is 1.57 bits per heavy atom. The molecule has 2 atom stereocenters. The van der Waals surface area contributed by atoms with Crippen LogP contribution in [0.2, 0.25) is 0 Å². The summed E-state index contributed by atoms with van der Waals surface area (Å²) in [6.07, 6.45) is 0.664. The molecule has 0 fully saturated rings. The van der Waals surface area contributed by atoms with Crippen molar-refractivity contribution in [3.8, 4) is 5.75 Å². The van der Waals surface area contributed by atoms with Crippen LogP contribution in [0.5, 0.6) is 5.75 Å². The summed E-state index contributed by atoms with van der Waals surface area (Å²) in [5.74, 6) is 0.871. The van der Waals surface area contributed by atoms with Crippen LogP contribution in [0.1, 0.15) is 31.1 Å². The predicted molar refractivity (Wildman–Crippen MR) is 58.6 cm³/mol. The Kier molecular flexibility index (Phi) is 2.54. The SMILES string of the molecule is CC1Cc2cc(Br)cc(C(C)O)c2O1. The number of rotatable bonds is 1. The Balaban J connectivity index is 2.52. The fourth-order valence-corrected chi connectivity index (χ4v) is 2.35. The van der Waals surface area contributed by atoms with Gasteiger partial charge in [0, 0.05) is 16.5 Å². The number of fused-ring (bicyclic) bond motifs is 1. The second kappa shape index (κ2) is 3.55. The van der Waals surface area contributed by atoms with E-state index < -0.39 is 6.10 Å². The van der Waals surface area contributed by atoms with Crippen LogP contribution in [0.15, 0.2) is 16.6 Å². The molecule has 0 radical (unpaired) electrons. The number of hydrogen-bond acceptors (Lipinski definition) is 2. The molecule has 1 heterocycles. The summed E-state index contributed by atoms with van der Waals surface area (Å²) < 4.78 is 6.68. The van der Waals surface area contributed by atoms with Crippen LogP contribution in [-0.4, -0.2) is 11.2 Å². The van der Waals surface area contributed by atoms with E-state index in [-0.39, 0.29) is 6.10 Å². The lowest BCUT2D eigenvalue weighted by Gasteiger charge is -2.12. The molecule has 1 aromatic rings. The highest BCUT2D eigenvalue weighted by atomic mass is 79.9. The van der Waals surface area contributed by atoms with Crippen molar-refractivity contribution in [3.63, 3.8) is 0 Å². The maximum Gasteiger partial charge on any atom is 0.128 e. The lowest BCUT2D eigenvalue weighted by Crippen LogP contribution is -2.06. The zero-order valence-electron chi connectivity index (χ0n) is 8.25. The van der Waals surface area contributed by atoms with Gasteiger partial charge in [0.25, 0.3) is 0 Å². The lowest BCUT2D eigenvalue weighted by molar-refractivity contribution is 0.187. The van der Waals surface area contributed by atoms with Crippen LogP contribution in [0.3, 0.4) is 0 Å². The first-order chi connectivity index (χ1) is 6.58. The molecule has 14 heavy (non-hydrogen) atoms. The van der Waals surface area contributed by atoms with Crippen LogP contribution < -0.4 is 4.74 Å². The zero-order valence-corrected chi connectivity index (χ0v) is 9.84. The van der Waals surface area contributed by atoms with E-state index in [0.29, 0.717) is 0 Å². The van der Waals surface area contributed by atoms with Gasteiger partial charge in [0.15, 0.2) is 0 Å². The number of ether oxygens (including phenoxy) is 1. The second-order valence-electron chi connectivity index (χ2n) is 3.79. The van der Waals surface area contributed by atoms with Gasteiger partial charge in [0.05, 0.1) is 6.10 Å². The highest BCUT2D eigenvalue weighted by molar-refractivity contribution is 9.10. The Morgan fingerprint density at radius 2 is 2.29 bits per heavy atom. The quantitative estimate of drug-likeness (QED) is 0.838. The molecule has 0 aromatic heterocycles. The zero-order chi connectivity index (χ0) is 10.3. The van der Waals surface area contributed by atoms with Crippen LogP contribution >= 0.6 is 15.9 Å². The van der Waals surface area contributed by atoms with Gasteiger partial charge < -0.3 is 9.84 Å². The highest BCUT2D eigenvalue weighted by Gasteiger charge is 2.24. The van der Waals surface area contributed by atoms with Gasteiger partial charge in [0.1, 0.15) is 11.9 Å². The van der Waals surface area contributed by atoms with Gasteiger partial charge in [-0.3, -0.25) is 0 Å². The highest BCUT2D eigenvalue weighted by Crippen LogP contribution is 2.38. The first kappa shape index (κ1) is 9.99. The third-order valence-corrected chi connectivity index (χ3v) is 2.89. The Bertz CT molecular complexity index is 361. The van der Waals surface area contributed by atoms with Crippen molar-refractivity contribution in [2.45, 2.75) is 32.5 Å². The summed E-state index contributed by atoms with van der Waals surface area (Å²) in [6.45, 7) is 3.80. The van der Waals surface area contributed by atoms with Crippen LogP contribution in [0, 0.1) is 0 Å². The molecule has 0 saturated heterocycles. The van der Waals surface area contributed by atoms with Crippen molar-refractivity contribution in [2.24, 2.45) is 0 Å². The van der Waals surface area contributed by atoms with Crippen molar-refractivity contribution in [1.29, 1.82) is 0 Å². The Labute approximate surface area is 92.0 Å². The molecule has 0 bridgehead atoms. The fraction of sp³-hybridized carbons (Fsp3) is 0.455. The first-order valence-electron chi connectivity index (χ1n) is 4.75. The van der Waals surface area contributed by atoms with Crippen LogP contribution in [0.4, 0.5) is 0 Å². The minimum atomic E-state index is -0.480. The van der Waals surface area contributed by atoms with Gasteiger partial charge in [-0.1, -0.05) is 15.9 Å². The number of halogens is 1. The summed E-state index contributed by atoms with van der Waals surface area (Å²) in [4.78, 5) is 0. The third kappa shape index (κ3) is 1.66. The summed E-state index contributed by atoms with van der Waals surface area (Å²) >= 11 is 3.44. The van der Waals surface area contributed by atoms with E-state index in [1.165, 1.54) is 5.56 Å². The molecule has 0 amide bonds. The Hall–Kier alpha value is -0.540. The molecule has 0 saturated carbocycles. The summed E-state index contributed by atoms with van der Waals surface area (Å²) in [5, 5.41) is 9.60. The fourth-order valence-electron chi connectivity index (χ4n) is 1.83. The molecule has 0 spiro atoms. The monoisotopic (exact) mass is 256 g/mol. The molecular formula is C11H13BrO2. The number of benzene rings is 1. The van der Waals surface area contributed by atoms with E-state index in [9.17, 15) is 5.11 Å². The molecule has 76 valence electrons. The molecule has 0 aliphatic carbocycles. The summed E-state index contributed by atoms with van der Waals surface area (Å²) in [5.41, 5.74) is 2.06. The van der Waals surface area contributed by atoms with E-state index in [2.05, 4.69) is 22.0 Å². The molecule has 1 N–H and O–H groups in total. The molecule has 2 nitrogen and oxygen atoms in total. The van der Waals surface area contributed by atoms with E-state index in [1.54, 1.807) is 6.92 Å². The largest absolute Gasteiger partial charge is 0.490 e. The van der Waals surface area contributed by atoms with Gasteiger partial charge >= 0.3 is 0 Å². The van der Waals surface area contributed by atoms with Gasteiger partial charge in [-0.25, -0.2) is 0 Å². The van der Waals surface area contributed by atoms with Gasteiger partial charge in [-0.15, -0.1) is 0 Å². The van der Waals surface area contributed by atoms with Crippen molar-refractivity contribution < 1.29 is 9.84 Å². The topological polar surface area (TPSA) is 29.5 Å². The summed E-state index contributed by atoms with van der Waals surface area (Å²) in [6, 6.07) is 3.98. The van der Waals surface area contributed by atoms with Gasteiger partial charge in [0.2, 0.25) is 0 Å². The molecule has 1 aromatic carbocycles. The molecule has 1 aliphatic rings. The average molecular weight is 257 g/mol. The molecular weight excluding hydrogens is 244 g/mol. The minimum Gasteiger partial charge on any atom is -0.490 e. The molecule has 2 unspecified atom stereocenters. The van der Waals surface area contributed by atoms with Crippen molar-refractivity contribution in [3.05, 3.63) is 27.7 Å². The Morgan fingerprint density at radius 3 is 2.93 bits per heavy atom. The average Bonchev–Trinajstić information content (AvgIpc) is 2.42. The molecule has 1 aliphatic heterocycles. The lowest BCUT2D eigenvalue weighted by atomic mass is 10.0. The van der Waals surface area contributed by atoms with E-state index in [4.69, 9.17) is 4.74 Å². The first-order valence-corrected chi connectivity index (χ1v) is 5.54. The van der Waals surface area contributed by atoms with E-state index in [0.717, 1.165) is 22.2 Å². The molecule has 2 rings (SSSR count). The third-order valence-electron chi connectivity index (χ3n) is 2.44. The van der Waals surface area contributed by atoms with Gasteiger partial charge in [-0.2, -0.15) is 0 Å².